The molecule has 0 amide bonds. The quantitative estimate of drug-likeness (QED) is 0.121. The fourth-order valence-corrected chi connectivity index (χ4v) is 11.1. The van der Waals surface area contributed by atoms with Gasteiger partial charge in [-0.25, -0.2) is 4.98 Å². The number of rotatable bonds is 11. The highest BCUT2D eigenvalue weighted by Gasteiger charge is 2.36. The van der Waals surface area contributed by atoms with Gasteiger partial charge in [-0.2, -0.15) is 9.97 Å². The van der Waals surface area contributed by atoms with Crippen molar-refractivity contribution in [3.63, 3.8) is 0 Å². The molecule has 2 aromatic heterocycles. The van der Waals surface area contributed by atoms with E-state index in [4.69, 9.17) is 15.0 Å². The molecule has 10 aromatic carbocycles. The van der Waals surface area contributed by atoms with E-state index in [9.17, 15) is 0 Å². The maximum atomic E-state index is 5.45. The third-order valence-electron chi connectivity index (χ3n) is 15.0. The molecule has 4 heteroatoms. The minimum atomic E-state index is -0.209. The van der Waals surface area contributed by atoms with Gasteiger partial charge in [-0.15, -0.1) is 0 Å². The van der Waals surface area contributed by atoms with Gasteiger partial charge in [0.15, 0.2) is 11.6 Å². The van der Waals surface area contributed by atoms with Crippen molar-refractivity contribution >= 4 is 17.0 Å². The molecule has 0 radical (unpaired) electrons. The molecule has 0 aliphatic heterocycles. The highest BCUT2D eigenvalue weighted by atomic mass is 15.2. The predicted octanol–water partition coefficient (Wildman–Crippen LogP) is 18.7. The zero-order valence-corrected chi connectivity index (χ0v) is 42.4. The van der Waals surface area contributed by atoms with Gasteiger partial charge in [0.25, 0.3) is 0 Å². The Balaban J connectivity index is 1.01. The first-order valence-electron chi connectivity index (χ1n) is 25.9. The lowest BCUT2D eigenvalue weighted by atomic mass is 9.82. The molecule has 0 unspecified atom stereocenters. The van der Waals surface area contributed by atoms with Crippen molar-refractivity contribution in [1.82, 2.24) is 19.5 Å². The van der Waals surface area contributed by atoms with Gasteiger partial charge >= 0.3 is 0 Å². The van der Waals surface area contributed by atoms with Gasteiger partial charge in [-0.05, 0) is 150 Å². The number of aromatic nitrogens is 4. The van der Waals surface area contributed by atoms with E-state index in [-0.39, 0.29) is 5.41 Å². The maximum Gasteiger partial charge on any atom is 0.238 e. The molecule has 0 saturated heterocycles. The van der Waals surface area contributed by atoms with Crippen LogP contribution in [0.2, 0.25) is 0 Å². The van der Waals surface area contributed by atoms with Crippen molar-refractivity contribution < 1.29 is 0 Å². The lowest BCUT2D eigenvalue weighted by Crippen LogP contribution is -2.15. The van der Waals surface area contributed by atoms with Crippen LogP contribution in [0.15, 0.2) is 268 Å². The van der Waals surface area contributed by atoms with Gasteiger partial charge < -0.3 is 0 Å². The maximum absolute atomic E-state index is 5.45. The van der Waals surface area contributed by atoms with E-state index in [1.807, 2.05) is 12.2 Å². The molecule has 0 atom stereocenters. The van der Waals surface area contributed by atoms with Crippen LogP contribution in [0.1, 0.15) is 30.5 Å². The van der Waals surface area contributed by atoms with E-state index in [2.05, 4.69) is 280 Å². The van der Waals surface area contributed by atoms with E-state index < -0.39 is 0 Å². The second-order valence-electron chi connectivity index (χ2n) is 20.1. The number of benzene rings is 10. The molecule has 13 rings (SSSR count). The van der Waals surface area contributed by atoms with Gasteiger partial charge in [0.05, 0.1) is 5.52 Å². The smallest absolute Gasteiger partial charge is 0.238 e. The van der Waals surface area contributed by atoms with Crippen molar-refractivity contribution in [3.05, 3.63) is 284 Å². The summed E-state index contributed by atoms with van der Waals surface area (Å²) in [6.07, 6.45) is 8.11. The van der Waals surface area contributed by atoms with Crippen LogP contribution in [0, 0.1) is 0 Å². The number of hydrogen-bond donors (Lipinski definition) is 0. The molecular formula is C72H52N4. The zero-order chi connectivity index (χ0) is 51.2. The van der Waals surface area contributed by atoms with E-state index in [0.717, 1.165) is 94.4 Å². The molecule has 4 nitrogen and oxygen atoms in total. The lowest BCUT2D eigenvalue weighted by molar-refractivity contribution is 0.661. The Kier molecular flexibility index (Phi) is 11.7. The molecule has 2 heterocycles. The normalized spacial score (nSPS) is 12.4. The fourth-order valence-electron chi connectivity index (χ4n) is 11.1. The standard InChI is InChI=1S/C72H52N4/c1-4-5-22-56-47-76(68-46-67-65(45-64(56)68)63-35-18-19-36-66(63)72(67,2)3)71-74-69(54-33-20-31-52(37-54)61-41-57(48-23-10-6-11-24-48)39-58(42-61)49-25-12-7-13-26-49)73-70(75-71)55-34-21-32-53(38-55)62-43-59(50-27-14-8-15-28-50)40-60(44-62)51-29-16-9-17-30-51/h4-47H,1H2,2-3H3. The summed E-state index contributed by atoms with van der Waals surface area (Å²) in [5.41, 5.74) is 22.3. The highest BCUT2D eigenvalue weighted by Crippen LogP contribution is 2.50. The molecule has 12 aromatic rings. The number of allylic oxidation sites excluding steroid dienone is 2. The average molecular weight is 973 g/mol. The van der Waals surface area contributed by atoms with Crippen LogP contribution in [0.25, 0.3) is 124 Å². The fraction of sp³-hybridized carbons (Fsp3) is 0.0417. The minimum Gasteiger partial charge on any atom is -0.285 e. The molecule has 0 N–H and O–H groups in total. The SMILES string of the molecule is C=CC=Cc1cn(-c2nc(-c3cccc(-c4cc(-c5ccccc5)cc(-c5ccccc5)c4)c3)nc(-c3cccc(-c4cc(-c5ccccc5)cc(-c5ccccc5)c4)c3)n2)c2cc3c(cc12)-c1ccccc1C3(C)C. The molecule has 0 bridgehead atoms. The zero-order valence-electron chi connectivity index (χ0n) is 42.4. The molecule has 0 saturated carbocycles. The molecule has 1 aliphatic carbocycles. The Labute approximate surface area is 444 Å². The topological polar surface area (TPSA) is 43.6 Å². The summed E-state index contributed by atoms with van der Waals surface area (Å²) in [6, 6.07) is 86.9. The first kappa shape index (κ1) is 46.0. The van der Waals surface area contributed by atoms with Gasteiger partial charge in [0, 0.05) is 33.7 Å². The summed E-state index contributed by atoms with van der Waals surface area (Å²) in [5.74, 6) is 1.68. The number of hydrogen-bond acceptors (Lipinski definition) is 3. The second-order valence-corrected chi connectivity index (χ2v) is 20.1. The summed E-state index contributed by atoms with van der Waals surface area (Å²) in [4.78, 5) is 16.3. The number of nitrogens with zero attached hydrogens (tertiary/aromatic N) is 4. The third-order valence-corrected chi connectivity index (χ3v) is 15.0. The van der Waals surface area contributed by atoms with Crippen LogP contribution in [0.5, 0.6) is 0 Å². The molecule has 76 heavy (non-hydrogen) atoms. The van der Waals surface area contributed by atoms with Crippen LogP contribution in [0.3, 0.4) is 0 Å². The summed E-state index contributed by atoms with van der Waals surface area (Å²) in [5, 5.41) is 1.11. The second kappa shape index (κ2) is 19.3. The Bertz CT molecular complexity index is 3880. The van der Waals surface area contributed by atoms with Gasteiger partial charge in [0.1, 0.15) is 0 Å². The third kappa shape index (κ3) is 8.56. The molecule has 360 valence electrons. The van der Waals surface area contributed by atoms with E-state index in [1.54, 1.807) is 0 Å². The monoisotopic (exact) mass is 972 g/mol. The van der Waals surface area contributed by atoms with Crippen molar-refractivity contribution in [2.24, 2.45) is 0 Å². The van der Waals surface area contributed by atoms with Crippen LogP contribution in [0.4, 0.5) is 0 Å². The summed E-state index contributed by atoms with van der Waals surface area (Å²) in [6.45, 7) is 8.68. The predicted molar refractivity (Wildman–Crippen MR) is 317 cm³/mol. The Morgan fingerprint density at radius 2 is 0.763 bits per heavy atom. The Morgan fingerprint density at radius 3 is 1.22 bits per heavy atom. The molecule has 1 aliphatic rings. The van der Waals surface area contributed by atoms with Gasteiger partial charge in [-0.3, -0.25) is 4.57 Å². The van der Waals surface area contributed by atoms with Crippen molar-refractivity contribution in [2.75, 3.05) is 0 Å². The lowest BCUT2D eigenvalue weighted by Gasteiger charge is -2.21. The van der Waals surface area contributed by atoms with E-state index in [1.165, 1.54) is 22.3 Å². The summed E-state index contributed by atoms with van der Waals surface area (Å²) >= 11 is 0. The first-order valence-corrected chi connectivity index (χ1v) is 25.9. The van der Waals surface area contributed by atoms with E-state index >= 15 is 0 Å². The summed E-state index contributed by atoms with van der Waals surface area (Å²) < 4.78 is 2.16. The van der Waals surface area contributed by atoms with Crippen LogP contribution in [-0.4, -0.2) is 19.5 Å². The van der Waals surface area contributed by atoms with Crippen LogP contribution >= 0.6 is 0 Å². The largest absolute Gasteiger partial charge is 0.285 e. The van der Waals surface area contributed by atoms with E-state index in [0.29, 0.717) is 17.6 Å². The van der Waals surface area contributed by atoms with Crippen molar-refractivity contribution in [1.29, 1.82) is 0 Å². The Morgan fingerprint density at radius 1 is 0.368 bits per heavy atom. The minimum absolute atomic E-state index is 0.209. The molecular weight excluding hydrogens is 921 g/mol. The Hall–Kier alpha value is -9.77. The average Bonchev–Trinajstić information content (AvgIpc) is 4.10. The van der Waals surface area contributed by atoms with Crippen molar-refractivity contribution in [2.45, 2.75) is 19.3 Å². The molecule has 0 spiro atoms. The first-order chi connectivity index (χ1) is 37.3. The van der Waals surface area contributed by atoms with Crippen LogP contribution < -0.4 is 0 Å². The van der Waals surface area contributed by atoms with Gasteiger partial charge in [-0.1, -0.05) is 221 Å². The van der Waals surface area contributed by atoms with Crippen molar-refractivity contribution in [3.8, 4) is 107 Å². The highest BCUT2D eigenvalue weighted by molar-refractivity contribution is 5.98. The number of fused-ring (bicyclic) bond motifs is 4. The molecule has 0 fully saturated rings. The summed E-state index contributed by atoms with van der Waals surface area (Å²) in [7, 11) is 0. The van der Waals surface area contributed by atoms with Gasteiger partial charge in [0.2, 0.25) is 5.95 Å². The van der Waals surface area contributed by atoms with Crippen LogP contribution in [-0.2, 0) is 5.41 Å².